The fourth-order valence-corrected chi connectivity index (χ4v) is 2.29. The van der Waals surface area contributed by atoms with Crippen LogP contribution in [0.5, 0.6) is 0 Å². The summed E-state index contributed by atoms with van der Waals surface area (Å²) in [6.07, 6.45) is 2.60. The number of nitrogens with two attached hydrogens (primary N) is 1. The maximum atomic E-state index is 5.93. The number of nitrogen functional groups attached to an aromatic ring is 1. The molecular formula is C13H21N3. The summed E-state index contributed by atoms with van der Waals surface area (Å²) in [5.41, 5.74) is 9.09. The Labute approximate surface area is 97.6 Å². The van der Waals surface area contributed by atoms with Crippen molar-refractivity contribution in [2.24, 2.45) is 0 Å². The third kappa shape index (κ3) is 2.47. The minimum absolute atomic E-state index is 0.653. The van der Waals surface area contributed by atoms with Crippen LogP contribution in [0.3, 0.4) is 0 Å². The molecule has 1 aromatic carbocycles. The average molecular weight is 219 g/mol. The predicted octanol–water partition coefficient (Wildman–Crippen LogP) is 2.08. The molecule has 1 saturated heterocycles. The fraction of sp³-hybridized carbons (Fsp3) is 0.538. The van der Waals surface area contributed by atoms with Gasteiger partial charge < -0.3 is 16.0 Å². The first-order valence-corrected chi connectivity index (χ1v) is 5.97. The molecular weight excluding hydrogens is 198 g/mol. The van der Waals surface area contributed by atoms with Gasteiger partial charge >= 0.3 is 0 Å². The van der Waals surface area contributed by atoms with Crippen molar-refractivity contribution in [3.05, 3.63) is 23.8 Å². The quantitative estimate of drug-likeness (QED) is 0.765. The minimum Gasteiger partial charge on any atom is -0.397 e. The number of aryl methyl sites for hydroxylation is 1. The second-order valence-corrected chi connectivity index (χ2v) is 4.75. The molecule has 2 rings (SSSR count). The molecule has 0 saturated carbocycles. The Morgan fingerprint density at radius 2 is 2.31 bits per heavy atom. The molecule has 0 radical (unpaired) electrons. The van der Waals surface area contributed by atoms with Crippen LogP contribution in [0.4, 0.5) is 11.4 Å². The van der Waals surface area contributed by atoms with E-state index >= 15 is 0 Å². The summed E-state index contributed by atoms with van der Waals surface area (Å²) in [6.45, 7) is 4.30. The normalized spacial score (nSPS) is 21.2. The summed E-state index contributed by atoms with van der Waals surface area (Å²) >= 11 is 0. The molecule has 0 aromatic heterocycles. The van der Waals surface area contributed by atoms with Crippen LogP contribution in [0.1, 0.15) is 18.4 Å². The lowest BCUT2D eigenvalue weighted by atomic mass is 10.1. The maximum Gasteiger partial charge on any atom is 0.0577 e. The smallest absolute Gasteiger partial charge is 0.0577 e. The van der Waals surface area contributed by atoms with Crippen molar-refractivity contribution < 1.29 is 0 Å². The highest BCUT2D eigenvalue weighted by molar-refractivity contribution is 5.66. The van der Waals surface area contributed by atoms with E-state index in [1.807, 2.05) is 12.1 Å². The molecule has 1 aliphatic rings. The molecule has 3 N–H and O–H groups in total. The van der Waals surface area contributed by atoms with Crippen molar-refractivity contribution >= 4 is 11.4 Å². The van der Waals surface area contributed by atoms with Gasteiger partial charge in [-0.05, 0) is 51.1 Å². The molecule has 1 fully saturated rings. The zero-order valence-corrected chi connectivity index (χ0v) is 10.2. The lowest BCUT2D eigenvalue weighted by Gasteiger charge is -2.21. The van der Waals surface area contributed by atoms with Crippen molar-refractivity contribution in [2.45, 2.75) is 25.8 Å². The number of likely N-dealkylation sites (N-methyl/N-ethyl adjacent to an activating group) is 1. The Morgan fingerprint density at radius 1 is 1.50 bits per heavy atom. The number of rotatable bonds is 3. The Hall–Kier alpha value is -1.22. The van der Waals surface area contributed by atoms with Crippen LogP contribution in [0.2, 0.25) is 0 Å². The van der Waals surface area contributed by atoms with Gasteiger partial charge in [-0.25, -0.2) is 0 Å². The van der Waals surface area contributed by atoms with Gasteiger partial charge in [0, 0.05) is 12.6 Å². The highest BCUT2D eigenvalue weighted by Crippen LogP contribution is 2.21. The number of likely N-dealkylation sites (tertiary alicyclic amines) is 1. The highest BCUT2D eigenvalue weighted by atomic mass is 15.2. The summed E-state index contributed by atoms with van der Waals surface area (Å²) in [6, 6.07) is 6.78. The summed E-state index contributed by atoms with van der Waals surface area (Å²) in [5.74, 6) is 0. The van der Waals surface area contributed by atoms with Crippen molar-refractivity contribution in [1.82, 2.24) is 4.90 Å². The molecule has 1 aromatic rings. The van der Waals surface area contributed by atoms with Crippen molar-refractivity contribution in [1.29, 1.82) is 0 Å². The molecule has 88 valence electrons. The van der Waals surface area contributed by atoms with Gasteiger partial charge in [0.05, 0.1) is 11.4 Å². The van der Waals surface area contributed by atoms with Crippen LogP contribution in [0.25, 0.3) is 0 Å². The minimum atomic E-state index is 0.653. The largest absolute Gasteiger partial charge is 0.397 e. The fourth-order valence-electron chi connectivity index (χ4n) is 2.29. The van der Waals surface area contributed by atoms with Crippen LogP contribution < -0.4 is 11.1 Å². The summed E-state index contributed by atoms with van der Waals surface area (Å²) in [5, 5.41) is 3.46. The molecule has 0 amide bonds. The first kappa shape index (κ1) is 11.3. The zero-order valence-electron chi connectivity index (χ0n) is 10.2. The number of hydrogen-bond donors (Lipinski definition) is 2. The van der Waals surface area contributed by atoms with Gasteiger partial charge in [-0.1, -0.05) is 6.07 Å². The molecule has 0 aliphatic carbocycles. The van der Waals surface area contributed by atoms with Gasteiger partial charge in [0.15, 0.2) is 0 Å². The molecule has 1 aliphatic heterocycles. The standard InChI is InChI=1S/C13H21N3/c1-10-5-6-12(14)13(8-10)15-9-11-4-3-7-16(11)2/h5-6,8,11,15H,3-4,7,9,14H2,1-2H3. The van der Waals surface area contributed by atoms with E-state index in [2.05, 4.69) is 30.3 Å². The van der Waals surface area contributed by atoms with E-state index < -0.39 is 0 Å². The lowest BCUT2D eigenvalue weighted by Crippen LogP contribution is -2.31. The Morgan fingerprint density at radius 3 is 3.00 bits per heavy atom. The first-order chi connectivity index (χ1) is 7.66. The molecule has 1 heterocycles. The van der Waals surface area contributed by atoms with E-state index in [4.69, 9.17) is 5.73 Å². The summed E-state index contributed by atoms with van der Waals surface area (Å²) in [4.78, 5) is 2.42. The number of nitrogens with zero attached hydrogens (tertiary/aromatic N) is 1. The number of hydrogen-bond acceptors (Lipinski definition) is 3. The van der Waals surface area contributed by atoms with Gasteiger partial charge in [0.25, 0.3) is 0 Å². The van der Waals surface area contributed by atoms with Crippen LogP contribution in [-0.2, 0) is 0 Å². The van der Waals surface area contributed by atoms with Crippen molar-refractivity contribution in [3.8, 4) is 0 Å². The monoisotopic (exact) mass is 219 g/mol. The Balaban J connectivity index is 1.96. The molecule has 3 heteroatoms. The van der Waals surface area contributed by atoms with E-state index in [0.717, 1.165) is 17.9 Å². The number of benzene rings is 1. The zero-order chi connectivity index (χ0) is 11.5. The third-order valence-electron chi connectivity index (χ3n) is 3.41. The molecule has 16 heavy (non-hydrogen) atoms. The second-order valence-electron chi connectivity index (χ2n) is 4.75. The molecule has 1 atom stereocenters. The van der Waals surface area contributed by atoms with Crippen LogP contribution in [-0.4, -0.2) is 31.1 Å². The van der Waals surface area contributed by atoms with Crippen molar-refractivity contribution in [3.63, 3.8) is 0 Å². The Bertz CT molecular complexity index is 362. The van der Waals surface area contributed by atoms with Crippen molar-refractivity contribution in [2.75, 3.05) is 31.2 Å². The van der Waals surface area contributed by atoms with Crippen LogP contribution in [0, 0.1) is 6.92 Å². The molecule has 3 nitrogen and oxygen atoms in total. The van der Waals surface area contributed by atoms with Gasteiger partial charge in [-0.15, -0.1) is 0 Å². The topological polar surface area (TPSA) is 41.3 Å². The van der Waals surface area contributed by atoms with Gasteiger partial charge in [-0.2, -0.15) is 0 Å². The third-order valence-corrected chi connectivity index (χ3v) is 3.41. The number of anilines is 2. The predicted molar refractivity (Wildman–Crippen MR) is 69.7 cm³/mol. The SMILES string of the molecule is Cc1ccc(N)c(NCC2CCCN2C)c1. The van der Waals surface area contributed by atoms with Gasteiger partial charge in [0.1, 0.15) is 0 Å². The first-order valence-electron chi connectivity index (χ1n) is 5.97. The maximum absolute atomic E-state index is 5.93. The summed E-state index contributed by atoms with van der Waals surface area (Å²) in [7, 11) is 2.19. The number of nitrogens with one attached hydrogen (secondary N) is 1. The van der Waals surface area contributed by atoms with E-state index in [9.17, 15) is 0 Å². The van der Waals surface area contributed by atoms with E-state index in [1.54, 1.807) is 0 Å². The van der Waals surface area contributed by atoms with Crippen LogP contribution >= 0.6 is 0 Å². The van der Waals surface area contributed by atoms with E-state index in [1.165, 1.54) is 24.9 Å². The lowest BCUT2D eigenvalue weighted by molar-refractivity contribution is 0.322. The second kappa shape index (κ2) is 4.74. The summed E-state index contributed by atoms with van der Waals surface area (Å²) < 4.78 is 0. The molecule has 0 spiro atoms. The van der Waals surface area contributed by atoms with Crippen LogP contribution in [0.15, 0.2) is 18.2 Å². The molecule has 1 unspecified atom stereocenters. The Kier molecular flexibility index (Phi) is 3.34. The van der Waals surface area contributed by atoms with E-state index in [-0.39, 0.29) is 0 Å². The average Bonchev–Trinajstić information content (AvgIpc) is 2.66. The highest BCUT2D eigenvalue weighted by Gasteiger charge is 2.20. The molecule has 0 bridgehead atoms. The van der Waals surface area contributed by atoms with Gasteiger partial charge in [-0.3, -0.25) is 0 Å². The van der Waals surface area contributed by atoms with E-state index in [0.29, 0.717) is 6.04 Å². The van der Waals surface area contributed by atoms with Gasteiger partial charge in [0.2, 0.25) is 0 Å².